The molecule has 0 atom stereocenters. The molecular formula is C13H19N5S. The van der Waals surface area contributed by atoms with E-state index < -0.39 is 0 Å². The summed E-state index contributed by atoms with van der Waals surface area (Å²) in [6.07, 6.45) is 2.76. The molecule has 0 unspecified atom stereocenters. The number of hydrogen-bond donors (Lipinski definition) is 1. The molecule has 1 aliphatic rings. The first-order valence-electron chi connectivity index (χ1n) is 6.74. The van der Waals surface area contributed by atoms with Crippen LogP contribution in [-0.4, -0.2) is 54.1 Å². The van der Waals surface area contributed by atoms with E-state index >= 15 is 0 Å². The summed E-state index contributed by atoms with van der Waals surface area (Å²) in [6, 6.07) is 2.06. The van der Waals surface area contributed by atoms with Crippen molar-refractivity contribution in [1.29, 1.82) is 0 Å². The molecule has 5 nitrogen and oxygen atoms in total. The van der Waals surface area contributed by atoms with Crippen LogP contribution in [0.5, 0.6) is 0 Å². The summed E-state index contributed by atoms with van der Waals surface area (Å²) in [5.41, 5.74) is 6.62. The lowest BCUT2D eigenvalue weighted by Gasteiger charge is -2.35. The fourth-order valence-corrected chi connectivity index (χ4v) is 3.36. The van der Waals surface area contributed by atoms with Gasteiger partial charge in [0.25, 0.3) is 0 Å². The van der Waals surface area contributed by atoms with E-state index in [0.717, 1.165) is 57.0 Å². The fraction of sp³-hybridized carbons (Fsp3) is 0.538. The maximum Gasteiger partial charge on any atom is 0.150 e. The van der Waals surface area contributed by atoms with Gasteiger partial charge < -0.3 is 10.6 Å². The maximum atomic E-state index is 5.56. The van der Waals surface area contributed by atoms with Crippen molar-refractivity contribution >= 4 is 27.4 Å². The summed E-state index contributed by atoms with van der Waals surface area (Å²) < 4.78 is 1.21. The lowest BCUT2D eigenvalue weighted by atomic mass is 10.3. The highest BCUT2D eigenvalue weighted by molar-refractivity contribution is 7.17. The summed E-state index contributed by atoms with van der Waals surface area (Å²) in [4.78, 5) is 13.6. The smallest absolute Gasteiger partial charge is 0.150 e. The van der Waals surface area contributed by atoms with E-state index in [2.05, 4.69) is 31.2 Å². The van der Waals surface area contributed by atoms with Crippen LogP contribution in [0.1, 0.15) is 6.42 Å². The van der Waals surface area contributed by atoms with E-state index in [1.54, 1.807) is 17.7 Å². The molecule has 0 aromatic carbocycles. The molecule has 2 N–H and O–H groups in total. The molecule has 19 heavy (non-hydrogen) atoms. The Hall–Kier alpha value is -1.24. The van der Waals surface area contributed by atoms with Crippen LogP contribution in [0.25, 0.3) is 10.2 Å². The first-order valence-corrected chi connectivity index (χ1v) is 7.62. The standard InChI is InChI=1S/C13H19N5S/c14-3-1-4-17-5-7-18(8-6-17)13-12-11(2-9-19-12)15-10-16-13/h2,9-10H,1,3-8,14H2. The topological polar surface area (TPSA) is 58.3 Å². The molecule has 1 saturated heterocycles. The minimum Gasteiger partial charge on any atom is -0.353 e. The Morgan fingerprint density at radius 2 is 2.05 bits per heavy atom. The number of nitrogens with two attached hydrogens (primary N) is 1. The molecule has 0 bridgehead atoms. The SMILES string of the molecule is NCCCN1CCN(c2ncnc3ccsc23)CC1. The highest BCUT2D eigenvalue weighted by Gasteiger charge is 2.19. The number of aromatic nitrogens is 2. The second-order valence-corrected chi connectivity index (χ2v) is 5.72. The zero-order chi connectivity index (χ0) is 13.1. The molecule has 2 aromatic rings. The van der Waals surface area contributed by atoms with Gasteiger partial charge in [-0.1, -0.05) is 0 Å². The Balaban J connectivity index is 1.69. The predicted octanol–water partition coefficient (Wildman–Crippen LogP) is 1.16. The zero-order valence-corrected chi connectivity index (χ0v) is 11.8. The van der Waals surface area contributed by atoms with Gasteiger partial charge in [-0.25, -0.2) is 9.97 Å². The van der Waals surface area contributed by atoms with E-state index in [4.69, 9.17) is 5.73 Å². The van der Waals surface area contributed by atoms with Crippen LogP contribution in [-0.2, 0) is 0 Å². The van der Waals surface area contributed by atoms with Crippen LogP contribution in [0.3, 0.4) is 0 Å². The molecule has 0 saturated carbocycles. The van der Waals surface area contributed by atoms with Gasteiger partial charge in [-0.15, -0.1) is 11.3 Å². The van der Waals surface area contributed by atoms with Gasteiger partial charge >= 0.3 is 0 Å². The van der Waals surface area contributed by atoms with Gasteiger partial charge in [-0.2, -0.15) is 0 Å². The van der Waals surface area contributed by atoms with Crippen LogP contribution in [0.2, 0.25) is 0 Å². The third-order valence-electron chi connectivity index (χ3n) is 3.57. The minimum absolute atomic E-state index is 0.780. The summed E-state index contributed by atoms with van der Waals surface area (Å²) >= 11 is 1.73. The van der Waals surface area contributed by atoms with Crippen molar-refractivity contribution in [3.8, 4) is 0 Å². The van der Waals surface area contributed by atoms with Crippen LogP contribution in [0.15, 0.2) is 17.8 Å². The monoisotopic (exact) mass is 277 g/mol. The van der Waals surface area contributed by atoms with Crippen LogP contribution in [0.4, 0.5) is 5.82 Å². The molecule has 0 radical (unpaired) electrons. The maximum absolute atomic E-state index is 5.56. The lowest BCUT2D eigenvalue weighted by molar-refractivity contribution is 0.256. The van der Waals surface area contributed by atoms with Crippen molar-refractivity contribution in [2.75, 3.05) is 44.2 Å². The zero-order valence-electron chi connectivity index (χ0n) is 11.0. The second kappa shape index (κ2) is 5.81. The molecular weight excluding hydrogens is 258 g/mol. The van der Waals surface area contributed by atoms with Crippen molar-refractivity contribution in [1.82, 2.24) is 14.9 Å². The quantitative estimate of drug-likeness (QED) is 0.909. The molecule has 1 aliphatic heterocycles. The van der Waals surface area contributed by atoms with Gasteiger partial charge in [0.1, 0.15) is 12.1 Å². The third kappa shape index (κ3) is 2.70. The first kappa shape index (κ1) is 12.8. The van der Waals surface area contributed by atoms with E-state index in [1.165, 1.54) is 4.70 Å². The van der Waals surface area contributed by atoms with Crippen molar-refractivity contribution in [3.05, 3.63) is 17.8 Å². The highest BCUT2D eigenvalue weighted by Crippen LogP contribution is 2.28. The molecule has 3 heterocycles. The number of piperazine rings is 1. The van der Waals surface area contributed by atoms with Gasteiger partial charge in [0.05, 0.1) is 10.2 Å². The predicted molar refractivity (Wildman–Crippen MR) is 79.7 cm³/mol. The van der Waals surface area contributed by atoms with Crippen molar-refractivity contribution in [2.24, 2.45) is 5.73 Å². The van der Waals surface area contributed by atoms with E-state index in [-0.39, 0.29) is 0 Å². The lowest BCUT2D eigenvalue weighted by Crippen LogP contribution is -2.47. The number of hydrogen-bond acceptors (Lipinski definition) is 6. The van der Waals surface area contributed by atoms with Gasteiger partial charge in [0, 0.05) is 26.2 Å². The molecule has 0 aliphatic carbocycles. The third-order valence-corrected chi connectivity index (χ3v) is 4.47. The summed E-state index contributed by atoms with van der Waals surface area (Å²) in [5.74, 6) is 1.10. The average Bonchev–Trinajstić information content (AvgIpc) is 2.94. The molecule has 3 rings (SSSR count). The van der Waals surface area contributed by atoms with Gasteiger partial charge in [0.2, 0.25) is 0 Å². The van der Waals surface area contributed by atoms with Gasteiger partial charge in [-0.3, -0.25) is 4.90 Å². The molecule has 0 amide bonds. The van der Waals surface area contributed by atoms with Gasteiger partial charge in [0.15, 0.2) is 0 Å². The van der Waals surface area contributed by atoms with Gasteiger partial charge in [-0.05, 0) is 31.0 Å². The summed E-state index contributed by atoms with van der Waals surface area (Å²) in [5, 5.41) is 2.08. The van der Waals surface area contributed by atoms with Crippen molar-refractivity contribution < 1.29 is 0 Å². The van der Waals surface area contributed by atoms with Crippen LogP contribution >= 0.6 is 11.3 Å². The fourth-order valence-electron chi connectivity index (χ4n) is 2.50. The van der Waals surface area contributed by atoms with E-state index in [9.17, 15) is 0 Å². The minimum atomic E-state index is 0.780. The molecule has 2 aromatic heterocycles. The normalized spacial score (nSPS) is 17.2. The number of rotatable bonds is 4. The number of thiophene rings is 1. The number of anilines is 1. The Bertz CT molecular complexity index is 533. The first-order chi connectivity index (χ1) is 9.38. The van der Waals surface area contributed by atoms with Crippen molar-refractivity contribution in [2.45, 2.75) is 6.42 Å². The number of fused-ring (bicyclic) bond motifs is 1. The van der Waals surface area contributed by atoms with Crippen molar-refractivity contribution in [3.63, 3.8) is 0 Å². The summed E-state index contributed by atoms with van der Waals surface area (Å²) in [6.45, 7) is 6.15. The Kier molecular flexibility index (Phi) is 3.91. The largest absolute Gasteiger partial charge is 0.353 e. The molecule has 0 spiro atoms. The van der Waals surface area contributed by atoms with E-state index in [0.29, 0.717) is 0 Å². The Morgan fingerprint density at radius 3 is 2.84 bits per heavy atom. The average molecular weight is 277 g/mol. The Labute approximate surface area is 117 Å². The van der Waals surface area contributed by atoms with Crippen LogP contribution < -0.4 is 10.6 Å². The van der Waals surface area contributed by atoms with Crippen LogP contribution in [0, 0.1) is 0 Å². The highest BCUT2D eigenvalue weighted by atomic mass is 32.1. The molecule has 102 valence electrons. The van der Waals surface area contributed by atoms with E-state index in [1.807, 2.05) is 0 Å². The Morgan fingerprint density at radius 1 is 1.21 bits per heavy atom. The number of nitrogens with zero attached hydrogens (tertiary/aromatic N) is 4. The summed E-state index contributed by atoms with van der Waals surface area (Å²) in [7, 11) is 0. The molecule has 1 fully saturated rings. The molecule has 6 heteroatoms. The second-order valence-electron chi connectivity index (χ2n) is 4.80.